The summed E-state index contributed by atoms with van der Waals surface area (Å²) in [5.74, 6) is 2.39. The van der Waals surface area contributed by atoms with E-state index in [4.69, 9.17) is 17.3 Å². The Labute approximate surface area is 143 Å². The quantitative estimate of drug-likeness (QED) is 0.731. The van der Waals surface area contributed by atoms with Gasteiger partial charge in [0, 0.05) is 11.1 Å². The Bertz CT molecular complexity index is 589. The number of rotatable bonds is 6. The Hall–Kier alpha value is -1.67. The minimum Gasteiger partial charge on any atom is -0.497 e. The van der Waals surface area contributed by atoms with Crippen LogP contribution in [-0.2, 0) is 0 Å². The molecular weight excluding hydrogens is 399 g/mol. The summed E-state index contributed by atoms with van der Waals surface area (Å²) in [6, 6.07) is 10.5. The first kappa shape index (κ1) is 16.7. The van der Waals surface area contributed by atoms with Crippen LogP contribution in [0.2, 0.25) is 0 Å². The summed E-state index contributed by atoms with van der Waals surface area (Å²) in [4.78, 5) is 0. The standard InChI is InChI=1S/C16H17IO5/c1-19-10-4-6-14(21-3)12(8-10)16(18)13-9-11(20-2)5-7-15(13)22-17/h4-9,16,18H,1-3H3. The molecule has 0 aliphatic rings. The largest absolute Gasteiger partial charge is 0.497 e. The fraction of sp³-hybridized carbons (Fsp3) is 0.250. The average Bonchev–Trinajstić information content (AvgIpc) is 2.59. The van der Waals surface area contributed by atoms with E-state index in [2.05, 4.69) is 0 Å². The Morgan fingerprint density at radius 1 is 0.818 bits per heavy atom. The molecule has 0 aromatic heterocycles. The van der Waals surface area contributed by atoms with Crippen LogP contribution in [0.15, 0.2) is 36.4 Å². The van der Waals surface area contributed by atoms with Gasteiger partial charge in [-0.1, -0.05) is 0 Å². The molecule has 2 aromatic rings. The molecule has 0 saturated carbocycles. The summed E-state index contributed by atoms with van der Waals surface area (Å²) in [6.45, 7) is 0. The fourth-order valence-electron chi connectivity index (χ4n) is 2.16. The van der Waals surface area contributed by atoms with Crippen LogP contribution in [0.5, 0.6) is 23.0 Å². The van der Waals surface area contributed by atoms with Gasteiger partial charge in [0.25, 0.3) is 0 Å². The van der Waals surface area contributed by atoms with E-state index in [1.54, 1.807) is 80.7 Å². The third-order valence-corrected chi connectivity index (χ3v) is 3.80. The number of halogens is 1. The molecule has 0 amide bonds. The number of methoxy groups -OCH3 is 3. The van der Waals surface area contributed by atoms with Crippen LogP contribution >= 0.6 is 23.0 Å². The molecule has 0 bridgehead atoms. The smallest absolute Gasteiger partial charge is 0.192 e. The molecule has 1 unspecified atom stereocenters. The zero-order valence-corrected chi connectivity index (χ0v) is 14.7. The van der Waals surface area contributed by atoms with Crippen molar-refractivity contribution in [3.05, 3.63) is 47.5 Å². The van der Waals surface area contributed by atoms with Crippen molar-refractivity contribution in [1.29, 1.82) is 0 Å². The van der Waals surface area contributed by atoms with Crippen molar-refractivity contribution >= 4 is 23.0 Å². The number of aliphatic hydroxyl groups excluding tert-OH is 1. The molecule has 0 saturated heterocycles. The summed E-state index contributed by atoms with van der Waals surface area (Å²) in [5, 5.41) is 10.8. The lowest BCUT2D eigenvalue weighted by Gasteiger charge is -2.18. The number of ether oxygens (including phenoxy) is 3. The van der Waals surface area contributed by atoms with E-state index >= 15 is 0 Å². The van der Waals surface area contributed by atoms with Crippen LogP contribution in [0.1, 0.15) is 17.2 Å². The highest BCUT2D eigenvalue weighted by Gasteiger charge is 2.21. The van der Waals surface area contributed by atoms with E-state index in [0.717, 1.165) is 0 Å². The van der Waals surface area contributed by atoms with Gasteiger partial charge in [0.15, 0.2) is 23.0 Å². The number of aliphatic hydroxyl groups is 1. The molecule has 0 aliphatic carbocycles. The van der Waals surface area contributed by atoms with E-state index in [1.165, 1.54) is 0 Å². The van der Waals surface area contributed by atoms with Gasteiger partial charge < -0.3 is 22.4 Å². The summed E-state index contributed by atoms with van der Waals surface area (Å²) < 4.78 is 21.1. The third kappa shape index (κ3) is 3.38. The molecule has 1 N–H and O–H groups in total. The van der Waals surface area contributed by atoms with Crippen molar-refractivity contribution in [1.82, 2.24) is 0 Å². The van der Waals surface area contributed by atoms with Gasteiger partial charge in [-0.25, -0.2) is 0 Å². The maximum Gasteiger partial charge on any atom is 0.192 e. The zero-order valence-electron chi connectivity index (χ0n) is 12.5. The molecular formula is C16H17IO5. The Morgan fingerprint density at radius 3 is 1.77 bits per heavy atom. The van der Waals surface area contributed by atoms with Crippen LogP contribution in [0.4, 0.5) is 0 Å². The van der Waals surface area contributed by atoms with Crippen molar-refractivity contribution in [2.24, 2.45) is 0 Å². The SMILES string of the molecule is COc1ccc(OC)c(C(O)c2cc(OC)ccc2OI)c1. The van der Waals surface area contributed by atoms with Crippen molar-refractivity contribution < 1.29 is 22.4 Å². The summed E-state index contributed by atoms with van der Waals surface area (Å²) in [5.41, 5.74) is 1.17. The normalized spacial score (nSPS) is 11.7. The van der Waals surface area contributed by atoms with Crippen molar-refractivity contribution in [2.75, 3.05) is 21.3 Å². The molecule has 0 fully saturated rings. The van der Waals surface area contributed by atoms with Gasteiger partial charge >= 0.3 is 0 Å². The molecule has 118 valence electrons. The molecule has 6 heteroatoms. The van der Waals surface area contributed by atoms with Gasteiger partial charge in [-0.2, -0.15) is 0 Å². The predicted molar refractivity (Wildman–Crippen MR) is 91.2 cm³/mol. The fourth-order valence-corrected chi connectivity index (χ4v) is 2.56. The topological polar surface area (TPSA) is 57.2 Å². The number of hydrogen-bond acceptors (Lipinski definition) is 5. The van der Waals surface area contributed by atoms with E-state index in [0.29, 0.717) is 34.1 Å². The zero-order chi connectivity index (χ0) is 16.1. The van der Waals surface area contributed by atoms with E-state index in [1.807, 2.05) is 0 Å². The van der Waals surface area contributed by atoms with E-state index < -0.39 is 6.10 Å². The minimum absolute atomic E-state index is 0.554. The van der Waals surface area contributed by atoms with Gasteiger partial charge in [0.2, 0.25) is 0 Å². The molecule has 22 heavy (non-hydrogen) atoms. The number of hydrogen-bond donors (Lipinski definition) is 1. The second-order valence-electron chi connectivity index (χ2n) is 4.49. The van der Waals surface area contributed by atoms with Crippen LogP contribution in [0.3, 0.4) is 0 Å². The summed E-state index contributed by atoms with van der Waals surface area (Å²) in [7, 11) is 4.70. The third-order valence-electron chi connectivity index (χ3n) is 3.33. The Balaban J connectivity index is 2.53. The van der Waals surface area contributed by atoms with Crippen molar-refractivity contribution in [3.63, 3.8) is 0 Å². The van der Waals surface area contributed by atoms with Gasteiger partial charge in [0.05, 0.1) is 21.3 Å². The van der Waals surface area contributed by atoms with E-state index in [-0.39, 0.29) is 0 Å². The molecule has 1 atom stereocenters. The van der Waals surface area contributed by atoms with Crippen LogP contribution < -0.4 is 17.3 Å². The molecule has 0 heterocycles. The highest BCUT2D eigenvalue weighted by molar-refractivity contribution is 14.1. The monoisotopic (exact) mass is 416 g/mol. The molecule has 2 rings (SSSR count). The Morgan fingerprint density at radius 2 is 1.32 bits per heavy atom. The lowest BCUT2D eigenvalue weighted by atomic mass is 9.99. The van der Waals surface area contributed by atoms with Crippen molar-refractivity contribution in [2.45, 2.75) is 6.10 Å². The summed E-state index contributed by atoms with van der Waals surface area (Å²) >= 11 is 1.78. The maximum absolute atomic E-state index is 10.8. The Kier molecular flexibility index (Phi) is 5.73. The van der Waals surface area contributed by atoms with Gasteiger partial charge in [-0.15, -0.1) is 0 Å². The first-order valence-corrected chi connectivity index (χ1v) is 7.39. The lowest BCUT2D eigenvalue weighted by Crippen LogP contribution is -2.04. The van der Waals surface area contributed by atoms with Gasteiger partial charge in [0.1, 0.15) is 29.1 Å². The molecule has 0 radical (unpaired) electrons. The van der Waals surface area contributed by atoms with E-state index in [9.17, 15) is 5.11 Å². The molecule has 5 nitrogen and oxygen atoms in total. The summed E-state index contributed by atoms with van der Waals surface area (Å²) in [6.07, 6.45) is -0.940. The first-order valence-electron chi connectivity index (χ1n) is 6.51. The highest BCUT2D eigenvalue weighted by Crippen LogP contribution is 2.38. The van der Waals surface area contributed by atoms with Crippen LogP contribution in [0, 0.1) is 0 Å². The van der Waals surface area contributed by atoms with Gasteiger partial charge in [-0.05, 0) is 36.4 Å². The van der Waals surface area contributed by atoms with Gasteiger partial charge in [-0.3, -0.25) is 0 Å². The maximum atomic E-state index is 10.8. The van der Waals surface area contributed by atoms with Crippen molar-refractivity contribution in [3.8, 4) is 23.0 Å². The highest BCUT2D eigenvalue weighted by atomic mass is 127. The second kappa shape index (κ2) is 7.55. The van der Waals surface area contributed by atoms with Crippen LogP contribution in [0.25, 0.3) is 0 Å². The second-order valence-corrected chi connectivity index (χ2v) is 4.93. The minimum atomic E-state index is -0.940. The predicted octanol–water partition coefficient (Wildman–Crippen LogP) is 3.52. The van der Waals surface area contributed by atoms with Crippen LogP contribution in [-0.4, -0.2) is 26.4 Å². The lowest BCUT2D eigenvalue weighted by molar-refractivity contribution is 0.211. The average molecular weight is 416 g/mol. The molecule has 0 aliphatic heterocycles. The number of benzene rings is 2. The molecule has 0 spiro atoms. The molecule has 2 aromatic carbocycles. The first-order chi connectivity index (χ1) is 10.6.